The monoisotopic (exact) mass is 298 g/mol. The van der Waals surface area contributed by atoms with Gasteiger partial charge in [-0.2, -0.15) is 10.4 Å². The van der Waals surface area contributed by atoms with E-state index in [4.69, 9.17) is 0 Å². The minimum Gasteiger partial charge on any atom is -0.297 e. The topological polar surface area (TPSA) is 55.7 Å². The molecule has 1 saturated heterocycles. The van der Waals surface area contributed by atoms with Gasteiger partial charge in [0.2, 0.25) is 0 Å². The van der Waals surface area contributed by atoms with Crippen molar-refractivity contribution in [2.45, 2.75) is 26.3 Å². The van der Waals surface area contributed by atoms with Gasteiger partial charge in [0.1, 0.15) is 5.82 Å². The maximum Gasteiger partial charge on any atom is 0.123 e. The fraction of sp³-hybridized carbons (Fsp3) is 0.412. The number of piperidine rings is 1. The third-order valence-electron chi connectivity index (χ3n) is 4.27. The first kappa shape index (κ1) is 14.7. The Bertz CT molecular complexity index is 703. The number of aromatic nitrogens is 2. The molecule has 1 aromatic carbocycles. The standard InChI is InChI=1S/C17H19FN4/c1-17(11-19)6-3-7-22(12-17)10-14-9-20-21-16(14)13-4-2-5-15(18)8-13/h2,4-5,8-9H,3,6-7,10,12H2,1H3,(H,20,21)/t17-/m0/s1. The van der Waals surface area contributed by atoms with Gasteiger partial charge in [0.25, 0.3) is 0 Å². The second-order valence-electron chi connectivity index (χ2n) is 6.27. The number of H-pyrrole nitrogens is 1. The van der Waals surface area contributed by atoms with Gasteiger partial charge in [-0.15, -0.1) is 0 Å². The quantitative estimate of drug-likeness (QED) is 0.945. The molecule has 22 heavy (non-hydrogen) atoms. The summed E-state index contributed by atoms with van der Waals surface area (Å²) in [6, 6.07) is 8.94. The van der Waals surface area contributed by atoms with Crippen molar-refractivity contribution in [3.05, 3.63) is 41.8 Å². The Hall–Kier alpha value is -2.19. The van der Waals surface area contributed by atoms with Gasteiger partial charge in [0.15, 0.2) is 0 Å². The number of aromatic amines is 1. The summed E-state index contributed by atoms with van der Waals surface area (Å²) in [5, 5.41) is 16.4. The molecule has 0 bridgehead atoms. The summed E-state index contributed by atoms with van der Waals surface area (Å²) < 4.78 is 13.4. The van der Waals surface area contributed by atoms with Crippen LogP contribution in [0.15, 0.2) is 30.5 Å². The summed E-state index contributed by atoms with van der Waals surface area (Å²) in [4.78, 5) is 2.28. The highest BCUT2D eigenvalue weighted by atomic mass is 19.1. The Labute approximate surface area is 129 Å². The van der Waals surface area contributed by atoms with E-state index < -0.39 is 0 Å². The normalized spacial score (nSPS) is 22.4. The number of nitrogens with zero attached hydrogens (tertiary/aromatic N) is 3. The molecule has 0 radical (unpaired) electrons. The molecule has 0 amide bonds. The van der Waals surface area contributed by atoms with Gasteiger partial charge >= 0.3 is 0 Å². The van der Waals surface area contributed by atoms with Crippen LogP contribution in [0.4, 0.5) is 4.39 Å². The second-order valence-corrected chi connectivity index (χ2v) is 6.27. The van der Waals surface area contributed by atoms with Crippen LogP contribution in [-0.4, -0.2) is 28.2 Å². The SMILES string of the molecule is C[C@@]1(C#N)CCCN(Cc2cn[nH]c2-c2cccc(F)c2)C1. The Morgan fingerprint density at radius 3 is 3.14 bits per heavy atom. The molecule has 5 heteroatoms. The van der Waals surface area contributed by atoms with Crippen molar-refractivity contribution >= 4 is 0 Å². The highest BCUT2D eigenvalue weighted by Crippen LogP contribution is 2.30. The zero-order valence-electron chi connectivity index (χ0n) is 12.6. The van der Waals surface area contributed by atoms with Gasteiger partial charge in [-0.1, -0.05) is 12.1 Å². The maximum absolute atomic E-state index is 13.4. The molecular formula is C17H19FN4. The van der Waals surface area contributed by atoms with Crippen molar-refractivity contribution in [1.82, 2.24) is 15.1 Å². The van der Waals surface area contributed by atoms with Crippen LogP contribution < -0.4 is 0 Å². The van der Waals surface area contributed by atoms with Crippen LogP contribution in [0.3, 0.4) is 0 Å². The molecule has 2 heterocycles. The molecule has 114 valence electrons. The minimum atomic E-state index is -0.277. The lowest BCUT2D eigenvalue weighted by Crippen LogP contribution is -2.40. The molecule has 2 aromatic rings. The van der Waals surface area contributed by atoms with Crippen LogP contribution >= 0.6 is 0 Å². The number of benzene rings is 1. The first-order valence-electron chi connectivity index (χ1n) is 7.51. The molecule has 1 N–H and O–H groups in total. The molecule has 0 spiro atoms. The molecule has 1 aliphatic rings. The van der Waals surface area contributed by atoms with Crippen LogP contribution in [0.1, 0.15) is 25.3 Å². The number of halogens is 1. The van der Waals surface area contributed by atoms with Crippen LogP contribution in [0.2, 0.25) is 0 Å². The smallest absolute Gasteiger partial charge is 0.123 e. The van der Waals surface area contributed by atoms with E-state index in [0.717, 1.165) is 49.3 Å². The van der Waals surface area contributed by atoms with E-state index in [1.54, 1.807) is 12.3 Å². The highest BCUT2D eigenvalue weighted by Gasteiger charge is 2.31. The summed E-state index contributed by atoms with van der Waals surface area (Å²) in [6.07, 6.45) is 3.76. The number of likely N-dealkylation sites (tertiary alicyclic amines) is 1. The first-order valence-corrected chi connectivity index (χ1v) is 7.51. The van der Waals surface area contributed by atoms with Crippen LogP contribution in [0.5, 0.6) is 0 Å². The van der Waals surface area contributed by atoms with Crippen molar-refractivity contribution in [3.8, 4) is 17.3 Å². The maximum atomic E-state index is 13.4. The second kappa shape index (κ2) is 5.90. The van der Waals surface area contributed by atoms with Gasteiger partial charge in [0.05, 0.1) is 23.4 Å². The Morgan fingerprint density at radius 1 is 1.50 bits per heavy atom. The molecule has 3 rings (SSSR count). The van der Waals surface area contributed by atoms with Gasteiger partial charge in [-0.3, -0.25) is 10.00 Å². The Kier molecular flexibility index (Phi) is 3.95. The van der Waals surface area contributed by atoms with Gasteiger partial charge in [-0.25, -0.2) is 4.39 Å². The summed E-state index contributed by atoms with van der Waals surface area (Å²) in [7, 11) is 0. The van der Waals surface area contributed by atoms with Crippen LogP contribution in [-0.2, 0) is 6.54 Å². The van der Waals surface area contributed by atoms with Crippen molar-refractivity contribution in [3.63, 3.8) is 0 Å². The Morgan fingerprint density at radius 2 is 2.36 bits per heavy atom. The van der Waals surface area contributed by atoms with E-state index in [0.29, 0.717) is 0 Å². The van der Waals surface area contributed by atoms with Crippen molar-refractivity contribution in [2.24, 2.45) is 5.41 Å². The van der Waals surface area contributed by atoms with Crippen LogP contribution in [0, 0.1) is 22.6 Å². The van der Waals surface area contributed by atoms with E-state index in [2.05, 4.69) is 21.2 Å². The molecule has 1 atom stereocenters. The molecule has 1 aliphatic heterocycles. The van der Waals surface area contributed by atoms with E-state index >= 15 is 0 Å². The number of rotatable bonds is 3. The number of hydrogen-bond donors (Lipinski definition) is 1. The van der Waals surface area contributed by atoms with Crippen molar-refractivity contribution in [2.75, 3.05) is 13.1 Å². The lowest BCUT2D eigenvalue weighted by atomic mass is 9.83. The number of nitriles is 1. The molecule has 1 aromatic heterocycles. The predicted molar refractivity (Wildman–Crippen MR) is 82.2 cm³/mol. The molecule has 1 fully saturated rings. The zero-order valence-corrected chi connectivity index (χ0v) is 12.6. The van der Waals surface area contributed by atoms with Gasteiger partial charge in [-0.05, 0) is 38.4 Å². The third-order valence-corrected chi connectivity index (χ3v) is 4.27. The molecule has 4 nitrogen and oxygen atoms in total. The fourth-order valence-corrected chi connectivity index (χ4v) is 3.14. The minimum absolute atomic E-state index is 0.256. The zero-order chi connectivity index (χ0) is 15.6. The molecule has 0 saturated carbocycles. The van der Waals surface area contributed by atoms with Crippen LogP contribution in [0.25, 0.3) is 11.3 Å². The van der Waals surface area contributed by atoms with Crippen molar-refractivity contribution in [1.29, 1.82) is 5.26 Å². The lowest BCUT2D eigenvalue weighted by molar-refractivity contribution is 0.137. The van der Waals surface area contributed by atoms with E-state index in [1.807, 2.05) is 13.0 Å². The average Bonchev–Trinajstić information content (AvgIpc) is 2.95. The van der Waals surface area contributed by atoms with Gasteiger partial charge < -0.3 is 0 Å². The van der Waals surface area contributed by atoms with E-state index in [9.17, 15) is 9.65 Å². The molecule has 0 unspecified atom stereocenters. The van der Waals surface area contributed by atoms with E-state index in [1.165, 1.54) is 12.1 Å². The van der Waals surface area contributed by atoms with Gasteiger partial charge in [0, 0.05) is 24.2 Å². The predicted octanol–water partition coefficient (Wildman–Crippen LogP) is 3.34. The fourth-order valence-electron chi connectivity index (χ4n) is 3.14. The molecule has 0 aliphatic carbocycles. The number of nitrogens with one attached hydrogen (secondary N) is 1. The van der Waals surface area contributed by atoms with Crippen molar-refractivity contribution < 1.29 is 4.39 Å². The summed E-state index contributed by atoms with van der Waals surface area (Å²) >= 11 is 0. The largest absolute Gasteiger partial charge is 0.297 e. The summed E-state index contributed by atoms with van der Waals surface area (Å²) in [6.45, 7) is 4.48. The summed E-state index contributed by atoms with van der Waals surface area (Å²) in [5.41, 5.74) is 2.41. The molecular weight excluding hydrogens is 279 g/mol. The summed E-state index contributed by atoms with van der Waals surface area (Å²) in [5.74, 6) is -0.256. The first-order chi connectivity index (χ1) is 10.6. The third kappa shape index (κ3) is 3.02. The Balaban J connectivity index is 1.80. The lowest BCUT2D eigenvalue weighted by Gasteiger charge is -2.35. The average molecular weight is 298 g/mol. The van der Waals surface area contributed by atoms with E-state index in [-0.39, 0.29) is 11.2 Å². The number of hydrogen-bond acceptors (Lipinski definition) is 3. The highest BCUT2D eigenvalue weighted by molar-refractivity contribution is 5.62.